The van der Waals surface area contributed by atoms with Gasteiger partial charge in [-0.2, -0.15) is 0 Å². The number of carbonyl (C=O) groups is 1. The molecule has 2 aromatic rings. The summed E-state index contributed by atoms with van der Waals surface area (Å²) in [5.74, 6) is 1.17. The first-order chi connectivity index (χ1) is 13.3. The van der Waals surface area contributed by atoms with Crippen LogP contribution in [0, 0.1) is 0 Å². The molecule has 152 valence electrons. The van der Waals surface area contributed by atoms with E-state index >= 15 is 0 Å². The van der Waals surface area contributed by atoms with E-state index in [2.05, 4.69) is 68.7 Å². The smallest absolute Gasteiger partial charge is 0.223 e. The standard InChI is InChI=1S/C24H32BrNO2/c1-6-20(14-24(27)26(17(2)3)18(4)5)22-15-21(25)12-13-23(22)28-16-19-10-8-7-9-11-19/h7-13,15,17-18,20H,6,14,16H2,1-5H3. The number of carbonyl (C=O) groups excluding carboxylic acids is 1. The zero-order valence-corrected chi connectivity index (χ0v) is 19.2. The zero-order valence-electron chi connectivity index (χ0n) is 17.6. The molecule has 1 amide bonds. The fourth-order valence-corrected chi connectivity index (χ4v) is 4.05. The second-order valence-corrected chi connectivity index (χ2v) is 8.67. The molecule has 2 aromatic carbocycles. The highest BCUT2D eigenvalue weighted by molar-refractivity contribution is 9.10. The van der Waals surface area contributed by atoms with Crippen molar-refractivity contribution < 1.29 is 9.53 Å². The van der Waals surface area contributed by atoms with Crippen molar-refractivity contribution in [1.82, 2.24) is 4.90 Å². The third kappa shape index (κ3) is 6.10. The highest BCUT2D eigenvalue weighted by Gasteiger charge is 2.25. The van der Waals surface area contributed by atoms with E-state index in [1.165, 1.54) is 0 Å². The van der Waals surface area contributed by atoms with Crippen molar-refractivity contribution in [2.24, 2.45) is 0 Å². The number of nitrogens with zero attached hydrogens (tertiary/aromatic N) is 1. The van der Waals surface area contributed by atoms with Gasteiger partial charge in [0.2, 0.25) is 5.91 Å². The number of rotatable bonds is 9. The molecule has 0 aromatic heterocycles. The minimum atomic E-state index is 0.121. The van der Waals surface area contributed by atoms with Crippen molar-refractivity contribution in [2.45, 2.75) is 72.1 Å². The van der Waals surface area contributed by atoms with E-state index in [1.54, 1.807) is 0 Å². The Morgan fingerprint density at radius 3 is 2.25 bits per heavy atom. The number of amides is 1. The molecule has 0 heterocycles. The maximum atomic E-state index is 13.0. The third-order valence-corrected chi connectivity index (χ3v) is 5.46. The van der Waals surface area contributed by atoms with Crippen LogP contribution in [-0.4, -0.2) is 22.9 Å². The Hall–Kier alpha value is -1.81. The Morgan fingerprint density at radius 1 is 1.04 bits per heavy atom. The molecule has 0 radical (unpaired) electrons. The topological polar surface area (TPSA) is 29.5 Å². The summed E-state index contributed by atoms with van der Waals surface area (Å²) < 4.78 is 7.16. The summed E-state index contributed by atoms with van der Waals surface area (Å²) in [7, 11) is 0. The Balaban J connectivity index is 2.22. The highest BCUT2D eigenvalue weighted by Crippen LogP contribution is 2.35. The predicted octanol–water partition coefficient (Wildman–Crippen LogP) is 6.56. The largest absolute Gasteiger partial charge is 0.489 e. The molecule has 0 aliphatic carbocycles. The molecule has 0 aliphatic rings. The molecule has 0 fully saturated rings. The van der Waals surface area contributed by atoms with Crippen LogP contribution >= 0.6 is 15.9 Å². The zero-order chi connectivity index (χ0) is 20.7. The van der Waals surface area contributed by atoms with Crippen molar-refractivity contribution in [2.75, 3.05) is 0 Å². The average molecular weight is 446 g/mol. The van der Waals surface area contributed by atoms with Gasteiger partial charge in [-0.1, -0.05) is 53.2 Å². The molecular weight excluding hydrogens is 414 g/mol. The first-order valence-corrected chi connectivity index (χ1v) is 10.9. The first-order valence-electron chi connectivity index (χ1n) is 10.1. The van der Waals surface area contributed by atoms with Crippen molar-refractivity contribution >= 4 is 21.8 Å². The van der Waals surface area contributed by atoms with Crippen LogP contribution in [0.4, 0.5) is 0 Å². The molecule has 0 saturated carbocycles. The van der Waals surface area contributed by atoms with Gasteiger partial charge in [-0.15, -0.1) is 0 Å². The summed E-state index contributed by atoms with van der Waals surface area (Å²) in [4.78, 5) is 15.0. The summed E-state index contributed by atoms with van der Waals surface area (Å²) >= 11 is 3.58. The monoisotopic (exact) mass is 445 g/mol. The van der Waals surface area contributed by atoms with Gasteiger partial charge in [-0.25, -0.2) is 0 Å². The SMILES string of the molecule is CCC(CC(=O)N(C(C)C)C(C)C)c1cc(Br)ccc1OCc1ccccc1. The van der Waals surface area contributed by atoms with Crippen LogP contribution in [0.3, 0.4) is 0 Å². The number of halogens is 1. The normalized spacial score (nSPS) is 12.3. The highest BCUT2D eigenvalue weighted by atomic mass is 79.9. The predicted molar refractivity (Wildman–Crippen MR) is 120 cm³/mol. The molecule has 2 rings (SSSR count). The van der Waals surface area contributed by atoms with Gasteiger partial charge in [0.1, 0.15) is 12.4 Å². The molecule has 0 bridgehead atoms. The van der Waals surface area contributed by atoms with Gasteiger partial charge in [0.15, 0.2) is 0 Å². The lowest BCUT2D eigenvalue weighted by molar-refractivity contribution is -0.135. The summed E-state index contributed by atoms with van der Waals surface area (Å²) in [6.45, 7) is 11.0. The minimum Gasteiger partial charge on any atom is -0.489 e. The molecule has 0 N–H and O–H groups in total. The second-order valence-electron chi connectivity index (χ2n) is 7.75. The van der Waals surface area contributed by atoms with Crippen molar-refractivity contribution in [3.8, 4) is 5.75 Å². The molecule has 0 spiro atoms. The number of hydrogen-bond donors (Lipinski definition) is 0. The van der Waals surface area contributed by atoms with Gasteiger partial charge in [0, 0.05) is 23.0 Å². The molecule has 1 unspecified atom stereocenters. The molecular formula is C24H32BrNO2. The van der Waals surface area contributed by atoms with Gasteiger partial charge in [0.05, 0.1) is 0 Å². The molecule has 3 nitrogen and oxygen atoms in total. The van der Waals surface area contributed by atoms with Gasteiger partial charge in [0.25, 0.3) is 0 Å². The van der Waals surface area contributed by atoms with E-state index in [9.17, 15) is 4.79 Å². The molecule has 1 atom stereocenters. The molecule has 28 heavy (non-hydrogen) atoms. The van der Waals surface area contributed by atoms with Gasteiger partial charge in [-0.3, -0.25) is 4.79 Å². The summed E-state index contributed by atoms with van der Waals surface area (Å²) in [5.41, 5.74) is 2.22. The molecule has 0 aliphatic heterocycles. The lowest BCUT2D eigenvalue weighted by Crippen LogP contribution is -2.42. The van der Waals surface area contributed by atoms with E-state index in [0.717, 1.165) is 27.8 Å². The van der Waals surface area contributed by atoms with Crippen LogP contribution in [0.5, 0.6) is 5.75 Å². The van der Waals surface area contributed by atoms with Crippen LogP contribution in [0.2, 0.25) is 0 Å². The van der Waals surface area contributed by atoms with Crippen molar-refractivity contribution in [3.05, 3.63) is 64.1 Å². The van der Waals surface area contributed by atoms with E-state index < -0.39 is 0 Å². The average Bonchev–Trinajstić information content (AvgIpc) is 2.65. The Labute approximate surface area is 178 Å². The summed E-state index contributed by atoms with van der Waals surface area (Å²) in [5, 5.41) is 0. The maximum absolute atomic E-state index is 13.0. The van der Waals surface area contributed by atoms with E-state index in [0.29, 0.717) is 13.0 Å². The molecule has 4 heteroatoms. The lowest BCUT2D eigenvalue weighted by Gasteiger charge is -2.32. The lowest BCUT2D eigenvalue weighted by atomic mass is 9.91. The van der Waals surface area contributed by atoms with Crippen molar-refractivity contribution in [1.29, 1.82) is 0 Å². The van der Waals surface area contributed by atoms with E-state index in [1.807, 2.05) is 35.2 Å². The van der Waals surface area contributed by atoms with Crippen LogP contribution in [0.25, 0.3) is 0 Å². The Kier molecular flexibility index (Phi) is 8.56. The van der Waals surface area contributed by atoms with E-state index in [-0.39, 0.29) is 23.9 Å². The fraction of sp³-hybridized carbons (Fsp3) is 0.458. The van der Waals surface area contributed by atoms with Gasteiger partial charge >= 0.3 is 0 Å². The van der Waals surface area contributed by atoms with Crippen LogP contribution in [0.1, 0.15) is 64.5 Å². The number of benzene rings is 2. The van der Waals surface area contributed by atoms with Gasteiger partial charge in [-0.05, 0) is 69.4 Å². The van der Waals surface area contributed by atoms with Crippen LogP contribution < -0.4 is 4.74 Å². The van der Waals surface area contributed by atoms with Crippen LogP contribution in [0.15, 0.2) is 53.0 Å². The van der Waals surface area contributed by atoms with Crippen molar-refractivity contribution in [3.63, 3.8) is 0 Å². The third-order valence-electron chi connectivity index (χ3n) is 4.96. The quantitative estimate of drug-likeness (QED) is 0.437. The fourth-order valence-electron chi connectivity index (χ4n) is 3.67. The summed E-state index contributed by atoms with van der Waals surface area (Å²) in [6.07, 6.45) is 1.37. The number of hydrogen-bond acceptors (Lipinski definition) is 2. The Morgan fingerprint density at radius 2 is 1.68 bits per heavy atom. The molecule has 0 saturated heterocycles. The maximum Gasteiger partial charge on any atom is 0.223 e. The first kappa shape index (κ1) is 22.5. The second kappa shape index (κ2) is 10.7. The Bertz CT molecular complexity index is 750. The van der Waals surface area contributed by atoms with Crippen LogP contribution in [-0.2, 0) is 11.4 Å². The summed E-state index contributed by atoms with van der Waals surface area (Å²) in [6, 6.07) is 16.6. The minimum absolute atomic E-state index is 0.121. The van der Waals surface area contributed by atoms with E-state index in [4.69, 9.17) is 4.74 Å². The van der Waals surface area contributed by atoms with Gasteiger partial charge < -0.3 is 9.64 Å². The number of ether oxygens (including phenoxy) is 1.